The smallest absolute Gasteiger partial charge is 0.313 e. The number of rotatable bonds is 9. The first-order chi connectivity index (χ1) is 12.8. The molecule has 0 heterocycles. The van der Waals surface area contributed by atoms with E-state index in [4.69, 9.17) is 5.11 Å². The Kier molecular flexibility index (Phi) is 7.61. The van der Waals surface area contributed by atoms with Crippen molar-refractivity contribution in [3.8, 4) is 0 Å². The van der Waals surface area contributed by atoms with Gasteiger partial charge < -0.3 is 10.4 Å². The van der Waals surface area contributed by atoms with Gasteiger partial charge in [0.15, 0.2) is 5.78 Å². The maximum Gasteiger partial charge on any atom is 0.313 e. The van der Waals surface area contributed by atoms with E-state index in [9.17, 15) is 14.4 Å². The van der Waals surface area contributed by atoms with Crippen LogP contribution in [-0.2, 0) is 15.3 Å². The van der Waals surface area contributed by atoms with Crippen LogP contribution in [0, 0.1) is 13.8 Å². The zero-order valence-corrected chi connectivity index (χ0v) is 16.3. The number of carbonyl (C=O) groups excluding carboxylic acids is 2. The Morgan fingerprint density at radius 1 is 1.04 bits per heavy atom. The minimum Gasteiger partial charge on any atom is -0.481 e. The number of carbonyl (C=O) groups is 3. The van der Waals surface area contributed by atoms with Crippen LogP contribution in [0.3, 0.4) is 0 Å². The third-order valence-corrected chi connectivity index (χ3v) is 4.97. The van der Waals surface area contributed by atoms with E-state index in [-0.39, 0.29) is 30.3 Å². The zero-order valence-electron chi connectivity index (χ0n) is 15.5. The summed E-state index contributed by atoms with van der Waals surface area (Å²) in [5.74, 6) is -0.509. The molecular formula is C21H23NO4S. The summed E-state index contributed by atoms with van der Waals surface area (Å²) in [7, 11) is 0. The molecule has 0 spiro atoms. The second-order valence-corrected chi connectivity index (χ2v) is 7.36. The van der Waals surface area contributed by atoms with Crippen molar-refractivity contribution in [2.75, 3.05) is 11.1 Å². The molecular weight excluding hydrogens is 362 g/mol. The lowest BCUT2D eigenvalue weighted by Gasteiger charge is -2.08. The van der Waals surface area contributed by atoms with Crippen LogP contribution in [0.1, 0.15) is 39.9 Å². The van der Waals surface area contributed by atoms with Crippen molar-refractivity contribution in [1.29, 1.82) is 0 Å². The number of ketones is 1. The van der Waals surface area contributed by atoms with Crippen molar-refractivity contribution in [3.05, 3.63) is 64.7 Å². The van der Waals surface area contributed by atoms with E-state index in [1.54, 1.807) is 6.07 Å². The first-order valence-corrected chi connectivity index (χ1v) is 9.79. The molecule has 1 amide bonds. The molecule has 142 valence electrons. The van der Waals surface area contributed by atoms with Crippen LogP contribution in [0.25, 0.3) is 0 Å². The summed E-state index contributed by atoms with van der Waals surface area (Å²) in [5.41, 5.74) is 4.18. The number of anilines is 1. The van der Waals surface area contributed by atoms with E-state index in [1.807, 2.05) is 50.2 Å². The Morgan fingerprint density at radius 3 is 2.56 bits per heavy atom. The van der Waals surface area contributed by atoms with Gasteiger partial charge in [-0.2, -0.15) is 0 Å². The molecule has 2 aromatic carbocycles. The number of amides is 1. The quantitative estimate of drug-likeness (QED) is 0.631. The Labute approximate surface area is 163 Å². The van der Waals surface area contributed by atoms with Crippen molar-refractivity contribution in [3.63, 3.8) is 0 Å². The average molecular weight is 385 g/mol. The Morgan fingerprint density at radius 2 is 1.81 bits per heavy atom. The summed E-state index contributed by atoms with van der Waals surface area (Å²) in [5, 5.41) is 11.5. The lowest BCUT2D eigenvalue weighted by Crippen LogP contribution is -2.14. The van der Waals surface area contributed by atoms with Gasteiger partial charge in [-0.15, -0.1) is 11.8 Å². The molecule has 0 radical (unpaired) electrons. The molecule has 2 aromatic rings. The first kappa shape index (κ1) is 20.7. The maximum atomic E-state index is 12.4. The van der Waals surface area contributed by atoms with Gasteiger partial charge in [-0.1, -0.05) is 29.8 Å². The van der Waals surface area contributed by atoms with Crippen LogP contribution < -0.4 is 5.32 Å². The van der Waals surface area contributed by atoms with Crippen LogP contribution in [0.15, 0.2) is 42.5 Å². The summed E-state index contributed by atoms with van der Waals surface area (Å²) in [6.45, 7) is 3.82. The van der Waals surface area contributed by atoms with Crippen LogP contribution in [-0.4, -0.2) is 28.5 Å². The number of aryl methyl sites for hydroxylation is 2. The fourth-order valence-electron chi connectivity index (χ4n) is 2.62. The summed E-state index contributed by atoms with van der Waals surface area (Å²) in [4.78, 5) is 35.1. The molecule has 0 aliphatic carbocycles. The van der Waals surface area contributed by atoms with Gasteiger partial charge in [0.05, 0.1) is 5.75 Å². The molecule has 0 aliphatic rings. The molecule has 0 bridgehead atoms. The van der Waals surface area contributed by atoms with E-state index >= 15 is 0 Å². The molecule has 0 fully saturated rings. The zero-order chi connectivity index (χ0) is 19.8. The molecule has 0 saturated carbocycles. The Bertz CT molecular complexity index is 848. The highest BCUT2D eigenvalue weighted by Gasteiger charge is 2.12. The Balaban J connectivity index is 1.87. The fraction of sp³-hybridized carbons (Fsp3) is 0.286. The highest BCUT2D eigenvalue weighted by atomic mass is 32.2. The van der Waals surface area contributed by atoms with Gasteiger partial charge in [0.25, 0.3) is 0 Å². The molecule has 2 rings (SSSR count). The maximum absolute atomic E-state index is 12.4. The monoisotopic (exact) mass is 385 g/mol. The number of hydrogen-bond donors (Lipinski definition) is 2. The molecule has 0 aromatic heterocycles. The van der Waals surface area contributed by atoms with Crippen molar-refractivity contribution in [1.82, 2.24) is 0 Å². The fourth-order valence-corrected chi connectivity index (χ4v) is 3.31. The number of hydrogen-bond acceptors (Lipinski definition) is 4. The average Bonchev–Trinajstić information content (AvgIpc) is 2.62. The van der Waals surface area contributed by atoms with Crippen LogP contribution >= 0.6 is 11.8 Å². The van der Waals surface area contributed by atoms with Gasteiger partial charge in [-0.3, -0.25) is 14.4 Å². The largest absolute Gasteiger partial charge is 0.481 e. The molecule has 0 aliphatic heterocycles. The molecule has 0 unspecified atom stereocenters. The number of Topliss-reactive ketones (excluding diaryl/α,β-unsaturated/α-hetero) is 1. The highest BCUT2D eigenvalue weighted by Crippen LogP contribution is 2.18. The van der Waals surface area contributed by atoms with Crippen LogP contribution in [0.4, 0.5) is 5.69 Å². The topological polar surface area (TPSA) is 83.5 Å². The van der Waals surface area contributed by atoms with Crippen molar-refractivity contribution in [2.45, 2.75) is 32.4 Å². The minimum atomic E-state index is -0.849. The molecule has 0 saturated heterocycles. The third kappa shape index (κ3) is 6.90. The number of carboxylic acid groups (broad SMARTS) is 1. The number of carboxylic acids is 1. The lowest BCUT2D eigenvalue weighted by atomic mass is 9.99. The molecule has 2 N–H and O–H groups in total. The van der Waals surface area contributed by atoms with Gasteiger partial charge in [0.2, 0.25) is 5.91 Å². The standard InChI is InChI=1S/C21H23NO4S/c1-14-6-7-15(2)18(10-14)19(23)8-9-20(24)22-17-5-3-4-16(11-17)12-27-13-21(25)26/h3-7,10-11H,8-9,12-13H2,1-2H3,(H,22,24)(H,25,26). The summed E-state index contributed by atoms with van der Waals surface area (Å²) in [6, 6.07) is 13.0. The molecule has 6 heteroatoms. The van der Waals surface area contributed by atoms with Crippen molar-refractivity contribution < 1.29 is 19.5 Å². The Hall–Kier alpha value is -2.60. The van der Waals surface area contributed by atoms with Gasteiger partial charge in [0, 0.05) is 29.8 Å². The number of nitrogens with one attached hydrogen (secondary N) is 1. The molecule has 27 heavy (non-hydrogen) atoms. The van der Waals surface area contributed by atoms with Gasteiger partial charge >= 0.3 is 5.97 Å². The van der Waals surface area contributed by atoms with Crippen molar-refractivity contribution >= 4 is 35.1 Å². The van der Waals surface area contributed by atoms with E-state index in [2.05, 4.69) is 5.32 Å². The summed E-state index contributed by atoms with van der Waals surface area (Å²) in [6.07, 6.45) is 0.272. The summed E-state index contributed by atoms with van der Waals surface area (Å²) >= 11 is 1.30. The second-order valence-electron chi connectivity index (χ2n) is 6.38. The normalized spacial score (nSPS) is 10.4. The highest BCUT2D eigenvalue weighted by molar-refractivity contribution is 7.99. The summed E-state index contributed by atoms with van der Waals surface area (Å²) < 4.78 is 0. The van der Waals surface area contributed by atoms with Crippen molar-refractivity contribution in [2.24, 2.45) is 0 Å². The van der Waals surface area contributed by atoms with Gasteiger partial charge in [-0.25, -0.2) is 0 Å². The number of benzene rings is 2. The van der Waals surface area contributed by atoms with E-state index in [1.165, 1.54) is 11.8 Å². The van der Waals surface area contributed by atoms with Gasteiger partial charge in [-0.05, 0) is 43.2 Å². The molecule has 5 nitrogen and oxygen atoms in total. The minimum absolute atomic E-state index is 0.0369. The first-order valence-electron chi connectivity index (χ1n) is 8.64. The number of aliphatic carboxylic acids is 1. The van der Waals surface area contributed by atoms with Crippen LogP contribution in [0.2, 0.25) is 0 Å². The second kappa shape index (κ2) is 9.92. The predicted octanol–water partition coefficient (Wildman–Crippen LogP) is 4.22. The van der Waals surface area contributed by atoms with E-state index in [0.717, 1.165) is 16.7 Å². The third-order valence-electron chi connectivity index (χ3n) is 3.98. The lowest BCUT2D eigenvalue weighted by molar-refractivity contribution is -0.133. The van der Waals surface area contributed by atoms with Gasteiger partial charge in [0.1, 0.15) is 0 Å². The number of thioether (sulfide) groups is 1. The predicted molar refractivity (Wildman–Crippen MR) is 108 cm³/mol. The van der Waals surface area contributed by atoms with Crippen LogP contribution in [0.5, 0.6) is 0 Å². The van der Waals surface area contributed by atoms with E-state index in [0.29, 0.717) is 17.0 Å². The van der Waals surface area contributed by atoms with E-state index < -0.39 is 5.97 Å². The SMILES string of the molecule is Cc1ccc(C)c(C(=O)CCC(=O)Nc2cccc(CSCC(=O)O)c2)c1. The molecule has 0 atom stereocenters.